The molecule has 1 aromatic rings. The summed E-state index contributed by atoms with van der Waals surface area (Å²) >= 11 is 3.94. The Balaban J connectivity index is 2.27. The van der Waals surface area contributed by atoms with E-state index in [1.165, 1.54) is 5.75 Å². The average molecular weight is 284 g/mol. The molecule has 0 radical (unpaired) electrons. The van der Waals surface area contributed by atoms with Gasteiger partial charge in [-0.05, 0) is 12.8 Å². The van der Waals surface area contributed by atoms with Crippen molar-refractivity contribution in [3.63, 3.8) is 0 Å². The van der Waals surface area contributed by atoms with Crippen LogP contribution in [0, 0.1) is 0 Å². The number of H-pyrrole nitrogens is 1. The highest BCUT2D eigenvalue weighted by Gasteiger charge is 2.28. The molecule has 1 N–H and O–H groups in total. The molecule has 2 atom stereocenters. The summed E-state index contributed by atoms with van der Waals surface area (Å²) in [6.45, 7) is 4.33. The van der Waals surface area contributed by atoms with Gasteiger partial charge < -0.3 is 4.98 Å². The number of nitrogens with one attached hydrogen (secondary N) is 1. The molecule has 1 aliphatic heterocycles. The predicted molar refractivity (Wildman–Crippen MR) is 80.6 cm³/mol. The first-order chi connectivity index (χ1) is 8.74. The summed E-state index contributed by atoms with van der Waals surface area (Å²) in [5.74, 6) is 3.24. The zero-order valence-electron chi connectivity index (χ0n) is 10.9. The van der Waals surface area contributed by atoms with Gasteiger partial charge in [-0.3, -0.25) is 4.79 Å². The summed E-state index contributed by atoms with van der Waals surface area (Å²) in [6, 6.07) is 1.63. The molecule has 0 aromatic carbocycles. The van der Waals surface area contributed by atoms with Crippen molar-refractivity contribution in [3.05, 3.63) is 27.9 Å². The molecular formula is C13H20N2OS2. The lowest BCUT2D eigenvalue weighted by Gasteiger charge is -2.29. The zero-order chi connectivity index (χ0) is 13.0. The van der Waals surface area contributed by atoms with Crippen LogP contribution in [0.25, 0.3) is 0 Å². The molecule has 2 unspecified atom stereocenters. The van der Waals surface area contributed by atoms with Crippen molar-refractivity contribution in [2.24, 2.45) is 0 Å². The summed E-state index contributed by atoms with van der Waals surface area (Å²) in [5.41, 5.74) is 0.928. The van der Waals surface area contributed by atoms with E-state index in [-0.39, 0.29) is 5.56 Å². The van der Waals surface area contributed by atoms with Crippen LogP contribution in [0.4, 0.5) is 0 Å². The highest BCUT2D eigenvalue weighted by atomic mass is 32.2. The normalized spacial score (nSPS) is 24.1. The fraction of sp³-hybridized carbons (Fsp3) is 0.692. The van der Waals surface area contributed by atoms with Gasteiger partial charge in [0.2, 0.25) is 0 Å². The van der Waals surface area contributed by atoms with Crippen LogP contribution in [0.1, 0.15) is 43.5 Å². The predicted octanol–water partition coefficient (Wildman–Crippen LogP) is 3.02. The van der Waals surface area contributed by atoms with Gasteiger partial charge in [0, 0.05) is 28.5 Å². The van der Waals surface area contributed by atoms with Gasteiger partial charge in [0.1, 0.15) is 5.82 Å². The third kappa shape index (κ3) is 3.32. The summed E-state index contributed by atoms with van der Waals surface area (Å²) in [5, 5.41) is 0.919. The second-order valence-corrected chi connectivity index (χ2v) is 7.08. The smallest absolute Gasteiger partial charge is 0.251 e. The SMILES string of the molecule is CCCc1cc(=O)[nH]c(C2SCCSC2CC)n1. The molecule has 0 saturated carbocycles. The van der Waals surface area contributed by atoms with Crippen LogP contribution in [-0.2, 0) is 6.42 Å². The lowest BCUT2D eigenvalue weighted by Crippen LogP contribution is -2.23. The van der Waals surface area contributed by atoms with Gasteiger partial charge in [0.05, 0.1) is 5.25 Å². The second kappa shape index (κ2) is 6.66. The summed E-state index contributed by atoms with van der Waals surface area (Å²) in [4.78, 5) is 19.3. The maximum atomic E-state index is 11.7. The quantitative estimate of drug-likeness (QED) is 0.923. The first-order valence-electron chi connectivity index (χ1n) is 6.58. The van der Waals surface area contributed by atoms with Crippen molar-refractivity contribution < 1.29 is 0 Å². The Labute approximate surface area is 117 Å². The molecule has 5 heteroatoms. The Hall–Kier alpha value is -0.420. The van der Waals surface area contributed by atoms with E-state index in [1.807, 2.05) is 23.5 Å². The largest absolute Gasteiger partial charge is 0.310 e. The molecule has 0 bridgehead atoms. The number of rotatable bonds is 4. The molecule has 18 heavy (non-hydrogen) atoms. The third-order valence-corrected chi connectivity index (χ3v) is 6.30. The van der Waals surface area contributed by atoms with Crippen LogP contribution >= 0.6 is 23.5 Å². The van der Waals surface area contributed by atoms with Crippen LogP contribution in [0.15, 0.2) is 10.9 Å². The van der Waals surface area contributed by atoms with Gasteiger partial charge in [-0.2, -0.15) is 11.8 Å². The summed E-state index contributed by atoms with van der Waals surface area (Å²) in [7, 11) is 0. The van der Waals surface area contributed by atoms with Crippen molar-refractivity contribution in [3.8, 4) is 0 Å². The topological polar surface area (TPSA) is 45.8 Å². The maximum absolute atomic E-state index is 11.7. The number of aromatic amines is 1. The van der Waals surface area contributed by atoms with Crippen molar-refractivity contribution in [1.29, 1.82) is 0 Å². The van der Waals surface area contributed by atoms with Crippen LogP contribution in [-0.4, -0.2) is 26.7 Å². The first kappa shape index (κ1) is 14.0. The zero-order valence-corrected chi connectivity index (χ0v) is 12.6. The van der Waals surface area contributed by atoms with Gasteiger partial charge in [-0.1, -0.05) is 20.3 Å². The maximum Gasteiger partial charge on any atom is 0.251 e. The van der Waals surface area contributed by atoms with Gasteiger partial charge in [0.15, 0.2) is 0 Å². The van der Waals surface area contributed by atoms with E-state index in [1.54, 1.807) is 6.07 Å². The van der Waals surface area contributed by atoms with E-state index in [0.717, 1.165) is 36.5 Å². The van der Waals surface area contributed by atoms with Gasteiger partial charge in [0.25, 0.3) is 5.56 Å². The van der Waals surface area contributed by atoms with Gasteiger partial charge in [-0.15, -0.1) is 11.8 Å². The number of aromatic nitrogens is 2. The summed E-state index contributed by atoms with van der Waals surface area (Å²) in [6.07, 6.45) is 3.04. The minimum absolute atomic E-state index is 0.00511. The average Bonchev–Trinajstić information content (AvgIpc) is 2.38. The highest BCUT2D eigenvalue weighted by molar-refractivity contribution is 8.06. The van der Waals surface area contributed by atoms with E-state index in [0.29, 0.717) is 10.5 Å². The Morgan fingerprint density at radius 3 is 2.89 bits per heavy atom. The molecule has 100 valence electrons. The molecule has 1 aromatic heterocycles. The molecule has 1 aliphatic rings. The van der Waals surface area contributed by atoms with Crippen molar-refractivity contribution in [2.75, 3.05) is 11.5 Å². The standard InChI is InChI=1S/C13H20N2OS2/c1-3-5-9-8-11(16)15-13(14-9)12-10(4-2)17-6-7-18-12/h8,10,12H,3-7H2,1-2H3,(H,14,15,16). The number of hydrogen-bond donors (Lipinski definition) is 1. The Morgan fingerprint density at radius 2 is 2.17 bits per heavy atom. The number of thioether (sulfide) groups is 2. The molecule has 1 fully saturated rings. The van der Waals surface area contributed by atoms with E-state index in [9.17, 15) is 4.79 Å². The number of hydrogen-bond acceptors (Lipinski definition) is 4. The number of aryl methyl sites for hydroxylation is 1. The number of nitrogens with zero attached hydrogens (tertiary/aromatic N) is 1. The Morgan fingerprint density at radius 1 is 1.39 bits per heavy atom. The van der Waals surface area contributed by atoms with E-state index < -0.39 is 0 Å². The highest BCUT2D eigenvalue weighted by Crippen LogP contribution is 2.42. The monoisotopic (exact) mass is 284 g/mol. The van der Waals surface area contributed by atoms with Crippen LogP contribution in [0.2, 0.25) is 0 Å². The van der Waals surface area contributed by atoms with Crippen molar-refractivity contribution in [1.82, 2.24) is 9.97 Å². The van der Waals surface area contributed by atoms with Gasteiger partial charge in [-0.25, -0.2) is 4.98 Å². The summed E-state index contributed by atoms with van der Waals surface area (Å²) < 4.78 is 0. The fourth-order valence-electron chi connectivity index (χ4n) is 2.20. The molecule has 0 aliphatic carbocycles. The van der Waals surface area contributed by atoms with Gasteiger partial charge >= 0.3 is 0 Å². The first-order valence-corrected chi connectivity index (χ1v) is 8.67. The van der Waals surface area contributed by atoms with E-state index >= 15 is 0 Å². The van der Waals surface area contributed by atoms with Crippen LogP contribution in [0.3, 0.4) is 0 Å². The lowest BCUT2D eigenvalue weighted by atomic mass is 10.2. The van der Waals surface area contributed by atoms with Crippen molar-refractivity contribution in [2.45, 2.75) is 43.6 Å². The molecule has 0 amide bonds. The molecular weight excluding hydrogens is 264 g/mol. The lowest BCUT2D eigenvalue weighted by molar-refractivity contribution is 0.729. The third-order valence-electron chi connectivity index (χ3n) is 3.04. The van der Waals surface area contributed by atoms with Crippen molar-refractivity contribution >= 4 is 23.5 Å². The second-order valence-electron chi connectivity index (χ2n) is 4.48. The molecule has 1 saturated heterocycles. The Bertz CT molecular complexity index is 447. The molecule has 3 nitrogen and oxygen atoms in total. The molecule has 2 heterocycles. The Kier molecular flexibility index (Phi) is 5.18. The molecule has 2 rings (SSSR count). The van der Waals surface area contributed by atoms with Crippen LogP contribution < -0.4 is 5.56 Å². The molecule has 0 spiro atoms. The minimum atomic E-state index is -0.00511. The minimum Gasteiger partial charge on any atom is -0.310 e. The van der Waals surface area contributed by atoms with Crippen LogP contribution in [0.5, 0.6) is 0 Å². The van der Waals surface area contributed by atoms with E-state index in [4.69, 9.17) is 0 Å². The van der Waals surface area contributed by atoms with E-state index in [2.05, 4.69) is 23.8 Å². The fourth-order valence-corrected chi connectivity index (χ4v) is 5.22.